The minimum absolute atomic E-state index is 0.143. The van der Waals surface area contributed by atoms with Gasteiger partial charge in [-0.25, -0.2) is 0 Å². The fraction of sp³-hybridized carbons (Fsp3) is 0.917. The summed E-state index contributed by atoms with van der Waals surface area (Å²) in [5, 5.41) is 0. The summed E-state index contributed by atoms with van der Waals surface area (Å²) in [5.74, 6) is 0.697. The molecule has 1 aliphatic heterocycles. The van der Waals surface area contributed by atoms with Gasteiger partial charge in [-0.2, -0.15) is 0 Å². The van der Waals surface area contributed by atoms with E-state index in [1.807, 2.05) is 4.90 Å². The van der Waals surface area contributed by atoms with E-state index in [9.17, 15) is 4.79 Å². The van der Waals surface area contributed by atoms with Gasteiger partial charge in [0, 0.05) is 25.7 Å². The van der Waals surface area contributed by atoms with Gasteiger partial charge in [-0.05, 0) is 18.8 Å². The number of likely N-dealkylation sites (tertiary alicyclic amines) is 1. The highest BCUT2D eigenvalue weighted by atomic mass is 16.5. The molecular formula is C12H24N2O2. The molecule has 0 saturated carbocycles. The summed E-state index contributed by atoms with van der Waals surface area (Å²) >= 11 is 0. The molecule has 0 aromatic carbocycles. The Morgan fingerprint density at radius 3 is 2.81 bits per heavy atom. The van der Waals surface area contributed by atoms with Crippen LogP contribution in [-0.4, -0.2) is 43.2 Å². The molecule has 4 nitrogen and oxygen atoms in total. The van der Waals surface area contributed by atoms with E-state index < -0.39 is 0 Å². The summed E-state index contributed by atoms with van der Waals surface area (Å²) in [5.41, 5.74) is 5.90. The van der Waals surface area contributed by atoms with Gasteiger partial charge in [0.1, 0.15) is 0 Å². The second-order valence-electron chi connectivity index (χ2n) is 4.76. The number of carbonyl (C=O) groups is 1. The molecule has 1 heterocycles. The molecule has 1 saturated heterocycles. The Balaban J connectivity index is 2.24. The van der Waals surface area contributed by atoms with Crippen LogP contribution in [0.3, 0.4) is 0 Å². The van der Waals surface area contributed by atoms with Crippen molar-refractivity contribution in [3.05, 3.63) is 0 Å². The maximum atomic E-state index is 11.8. The SMILES string of the molecule is CCCOCCC(=O)N1CC(C)CC(N)C1. The van der Waals surface area contributed by atoms with E-state index in [-0.39, 0.29) is 11.9 Å². The lowest BCUT2D eigenvalue weighted by atomic mass is 9.96. The molecule has 0 aromatic rings. The van der Waals surface area contributed by atoms with Crippen LogP contribution in [0.1, 0.15) is 33.1 Å². The molecular weight excluding hydrogens is 204 g/mol. The molecule has 1 rings (SSSR count). The Hall–Kier alpha value is -0.610. The number of hydrogen-bond acceptors (Lipinski definition) is 3. The van der Waals surface area contributed by atoms with Gasteiger partial charge in [-0.1, -0.05) is 13.8 Å². The first-order valence-electron chi connectivity index (χ1n) is 6.24. The highest BCUT2D eigenvalue weighted by molar-refractivity contribution is 5.76. The number of nitrogens with zero attached hydrogens (tertiary/aromatic N) is 1. The molecule has 94 valence electrons. The van der Waals surface area contributed by atoms with Crippen molar-refractivity contribution in [3.8, 4) is 0 Å². The Bertz CT molecular complexity index is 211. The first-order valence-corrected chi connectivity index (χ1v) is 6.24. The summed E-state index contributed by atoms with van der Waals surface area (Å²) in [7, 11) is 0. The van der Waals surface area contributed by atoms with Crippen LogP contribution in [0.25, 0.3) is 0 Å². The summed E-state index contributed by atoms with van der Waals surface area (Å²) in [6.45, 7) is 7.04. The minimum Gasteiger partial charge on any atom is -0.381 e. The van der Waals surface area contributed by atoms with Crippen LogP contribution < -0.4 is 5.73 Å². The first kappa shape index (κ1) is 13.5. The average Bonchev–Trinajstić information content (AvgIpc) is 2.22. The van der Waals surface area contributed by atoms with Crippen molar-refractivity contribution in [1.82, 2.24) is 4.90 Å². The van der Waals surface area contributed by atoms with E-state index in [1.165, 1.54) is 0 Å². The number of rotatable bonds is 5. The third-order valence-electron chi connectivity index (χ3n) is 2.85. The maximum Gasteiger partial charge on any atom is 0.224 e. The number of hydrogen-bond donors (Lipinski definition) is 1. The van der Waals surface area contributed by atoms with Crippen LogP contribution in [-0.2, 0) is 9.53 Å². The molecule has 0 radical (unpaired) electrons. The fourth-order valence-corrected chi connectivity index (χ4v) is 2.17. The summed E-state index contributed by atoms with van der Waals surface area (Å²) in [6, 6.07) is 0.143. The topological polar surface area (TPSA) is 55.6 Å². The molecule has 0 aliphatic carbocycles. The second kappa shape index (κ2) is 6.86. The number of ether oxygens (including phenoxy) is 1. The molecule has 0 bridgehead atoms. The Labute approximate surface area is 98.1 Å². The lowest BCUT2D eigenvalue weighted by Gasteiger charge is -2.34. The van der Waals surface area contributed by atoms with Gasteiger partial charge in [-0.3, -0.25) is 4.79 Å². The zero-order valence-electron chi connectivity index (χ0n) is 10.4. The normalized spacial score (nSPS) is 25.8. The van der Waals surface area contributed by atoms with Gasteiger partial charge in [0.15, 0.2) is 0 Å². The Morgan fingerprint density at radius 1 is 1.44 bits per heavy atom. The zero-order chi connectivity index (χ0) is 12.0. The van der Waals surface area contributed by atoms with Crippen LogP contribution in [0.15, 0.2) is 0 Å². The summed E-state index contributed by atoms with van der Waals surface area (Å²) < 4.78 is 5.32. The van der Waals surface area contributed by atoms with Crippen molar-refractivity contribution in [1.29, 1.82) is 0 Å². The molecule has 2 unspecified atom stereocenters. The van der Waals surface area contributed by atoms with Crippen LogP contribution in [0.5, 0.6) is 0 Å². The van der Waals surface area contributed by atoms with Crippen LogP contribution in [0.4, 0.5) is 0 Å². The highest BCUT2D eigenvalue weighted by Crippen LogP contribution is 2.15. The van der Waals surface area contributed by atoms with Crippen molar-refractivity contribution in [2.45, 2.75) is 39.2 Å². The Kier molecular flexibility index (Phi) is 5.77. The van der Waals surface area contributed by atoms with Gasteiger partial charge < -0.3 is 15.4 Å². The molecule has 2 N–H and O–H groups in total. The standard InChI is InChI=1S/C12H24N2O2/c1-3-5-16-6-4-12(15)14-8-10(2)7-11(13)9-14/h10-11H,3-9,13H2,1-2H3. The van der Waals surface area contributed by atoms with Crippen LogP contribution in [0, 0.1) is 5.92 Å². The van der Waals surface area contributed by atoms with Crippen molar-refractivity contribution >= 4 is 5.91 Å². The average molecular weight is 228 g/mol. The summed E-state index contributed by atoms with van der Waals surface area (Å²) in [6.07, 6.45) is 2.51. The van der Waals surface area contributed by atoms with E-state index in [1.54, 1.807) is 0 Å². The molecule has 16 heavy (non-hydrogen) atoms. The van der Waals surface area contributed by atoms with E-state index in [0.29, 0.717) is 25.5 Å². The largest absolute Gasteiger partial charge is 0.381 e. The van der Waals surface area contributed by atoms with Gasteiger partial charge in [0.2, 0.25) is 5.91 Å². The molecule has 1 aliphatic rings. The second-order valence-corrected chi connectivity index (χ2v) is 4.76. The molecule has 4 heteroatoms. The molecule has 1 amide bonds. The van der Waals surface area contributed by atoms with E-state index >= 15 is 0 Å². The van der Waals surface area contributed by atoms with Crippen LogP contribution in [0.2, 0.25) is 0 Å². The predicted octanol–water partition coefficient (Wildman–Crippen LogP) is 0.999. The van der Waals surface area contributed by atoms with Gasteiger partial charge in [0.05, 0.1) is 13.0 Å². The predicted molar refractivity (Wildman–Crippen MR) is 64.1 cm³/mol. The minimum atomic E-state index is 0.143. The van der Waals surface area contributed by atoms with E-state index in [4.69, 9.17) is 10.5 Å². The maximum absolute atomic E-state index is 11.8. The van der Waals surface area contributed by atoms with Crippen molar-refractivity contribution in [2.75, 3.05) is 26.3 Å². The number of nitrogens with two attached hydrogens (primary N) is 1. The molecule has 1 fully saturated rings. The van der Waals surface area contributed by atoms with Crippen molar-refractivity contribution < 1.29 is 9.53 Å². The van der Waals surface area contributed by atoms with E-state index in [0.717, 1.165) is 26.0 Å². The first-order chi connectivity index (χ1) is 7.63. The molecule has 2 atom stereocenters. The van der Waals surface area contributed by atoms with Gasteiger partial charge >= 0.3 is 0 Å². The van der Waals surface area contributed by atoms with Crippen LogP contribution >= 0.6 is 0 Å². The van der Waals surface area contributed by atoms with Gasteiger partial charge in [0.25, 0.3) is 0 Å². The molecule has 0 spiro atoms. The lowest BCUT2D eigenvalue weighted by Crippen LogP contribution is -2.49. The van der Waals surface area contributed by atoms with Crippen molar-refractivity contribution in [3.63, 3.8) is 0 Å². The smallest absolute Gasteiger partial charge is 0.224 e. The van der Waals surface area contributed by atoms with Crippen molar-refractivity contribution in [2.24, 2.45) is 11.7 Å². The summed E-state index contributed by atoms with van der Waals surface area (Å²) in [4.78, 5) is 13.7. The number of carbonyl (C=O) groups excluding carboxylic acids is 1. The van der Waals surface area contributed by atoms with Gasteiger partial charge in [-0.15, -0.1) is 0 Å². The highest BCUT2D eigenvalue weighted by Gasteiger charge is 2.25. The monoisotopic (exact) mass is 228 g/mol. The third kappa shape index (κ3) is 4.49. The third-order valence-corrected chi connectivity index (χ3v) is 2.85. The number of piperidine rings is 1. The lowest BCUT2D eigenvalue weighted by molar-refractivity contribution is -0.134. The number of amides is 1. The molecule has 0 aromatic heterocycles. The van der Waals surface area contributed by atoms with E-state index in [2.05, 4.69) is 13.8 Å². The fourth-order valence-electron chi connectivity index (χ4n) is 2.17. The Morgan fingerprint density at radius 2 is 2.19 bits per heavy atom. The zero-order valence-corrected chi connectivity index (χ0v) is 10.4. The quantitative estimate of drug-likeness (QED) is 0.714.